The van der Waals surface area contributed by atoms with Crippen LogP contribution in [0.4, 0.5) is 5.69 Å². The fraction of sp³-hybridized carbons (Fsp3) is 0.200. The monoisotopic (exact) mass is 243 g/mol. The Kier molecular flexibility index (Phi) is 2.91. The van der Waals surface area contributed by atoms with E-state index in [4.69, 9.17) is 17.3 Å². The van der Waals surface area contributed by atoms with Gasteiger partial charge in [-0.3, -0.25) is 0 Å². The maximum atomic E-state index is 5.88. The third kappa shape index (κ3) is 1.49. The van der Waals surface area contributed by atoms with Crippen LogP contribution in [0, 0.1) is 0 Å². The molecule has 0 unspecified atom stereocenters. The largest absolute Gasteiger partial charge is 0.398 e. The van der Waals surface area contributed by atoms with E-state index >= 15 is 0 Å². The maximum Gasteiger partial charge on any atom is 0.0508 e. The Morgan fingerprint density at radius 3 is 2.93 bits per heavy atom. The summed E-state index contributed by atoms with van der Waals surface area (Å²) in [7, 11) is 0. The molecule has 1 nitrogen and oxygen atoms in total. The number of fused-ring (bicyclic) bond motifs is 1. The van der Waals surface area contributed by atoms with Crippen LogP contribution >= 0.6 is 34.7 Å². The summed E-state index contributed by atoms with van der Waals surface area (Å²) in [6.07, 6.45) is 2.08. The molecule has 0 atom stereocenters. The number of thioether (sulfide) groups is 1. The van der Waals surface area contributed by atoms with E-state index in [-0.39, 0.29) is 0 Å². The van der Waals surface area contributed by atoms with Crippen molar-refractivity contribution >= 4 is 50.5 Å². The Morgan fingerprint density at radius 1 is 1.50 bits per heavy atom. The van der Waals surface area contributed by atoms with Crippen LogP contribution in [-0.2, 0) is 5.88 Å². The Balaban J connectivity index is 2.76. The first-order valence-electron chi connectivity index (χ1n) is 4.16. The molecule has 0 aliphatic rings. The van der Waals surface area contributed by atoms with Gasteiger partial charge in [0.25, 0.3) is 0 Å². The van der Waals surface area contributed by atoms with Crippen molar-refractivity contribution in [3.8, 4) is 0 Å². The molecule has 0 bridgehead atoms. The molecule has 1 heterocycles. The number of thiophene rings is 1. The summed E-state index contributed by atoms with van der Waals surface area (Å²) < 4.78 is 1.23. The number of alkyl halides is 1. The van der Waals surface area contributed by atoms with Gasteiger partial charge in [-0.25, -0.2) is 0 Å². The summed E-state index contributed by atoms with van der Waals surface area (Å²) >= 11 is 9.36. The van der Waals surface area contributed by atoms with E-state index in [0.29, 0.717) is 5.88 Å². The molecule has 0 saturated carbocycles. The molecule has 1 aromatic carbocycles. The zero-order chi connectivity index (χ0) is 10.1. The Labute approximate surface area is 96.2 Å². The molecule has 14 heavy (non-hydrogen) atoms. The van der Waals surface area contributed by atoms with Crippen LogP contribution in [0.3, 0.4) is 0 Å². The lowest BCUT2D eigenvalue weighted by atomic mass is 10.1. The van der Waals surface area contributed by atoms with E-state index in [1.165, 1.54) is 15.0 Å². The van der Waals surface area contributed by atoms with E-state index in [1.54, 1.807) is 23.1 Å². The molecule has 1 aromatic heterocycles. The molecule has 2 aromatic rings. The summed E-state index contributed by atoms with van der Waals surface area (Å²) in [5.74, 6) is 0.484. The molecule has 0 aliphatic carbocycles. The highest BCUT2D eigenvalue weighted by Crippen LogP contribution is 2.37. The number of anilines is 1. The van der Waals surface area contributed by atoms with Gasteiger partial charge < -0.3 is 5.73 Å². The predicted molar refractivity (Wildman–Crippen MR) is 67.6 cm³/mol. The molecule has 0 aliphatic heterocycles. The number of rotatable bonds is 2. The van der Waals surface area contributed by atoms with Crippen LogP contribution < -0.4 is 5.73 Å². The van der Waals surface area contributed by atoms with Crippen molar-refractivity contribution < 1.29 is 0 Å². The summed E-state index contributed by atoms with van der Waals surface area (Å²) in [5.41, 5.74) is 7.72. The number of hydrogen-bond donors (Lipinski definition) is 1. The lowest BCUT2D eigenvalue weighted by Gasteiger charge is -2.03. The second-order valence-corrected chi connectivity index (χ2v) is 4.94. The van der Waals surface area contributed by atoms with Gasteiger partial charge in [0.2, 0.25) is 0 Å². The number of hydrogen-bond acceptors (Lipinski definition) is 3. The van der Waals surface area contributed by atoms with Crippen LogP contribution in [0.5, 0.6) is 0 Å². The van der Waals surface area contributed by atoms with Crippen LogP contribution in [-0.4, -0.2) is 6.26 Å². The highest BCUT2D eigenvalue weighted by atomic mass is 35.5. The molecule has 74 valence electrons. The third-order valence-corrected chi connectivity index (χ3v) is 4.45. The summed E-state index contributed by atoms with van der Waals surface area (Å²) in [6, 6.07) is 4.01. The van der Waals surface area contributed by atoms with Crippen molar-refractivity contribution in [2.24, 2.45) is 0 Å². The second-order valence-electron chi connectivity index (χ2n) is 2.95. The highest BCUT2D eigenvalue weighted by molar-refractivity contribution is 7.99. The zero-order valence-corrected chi connectivity index (χ0v) is 10.1. The summed E-state index contributed by atoms with van der Waals surface area (Å²) in [6.45, 7) is 0. The van der Waals surface area contributed by atoms with E-state index in [1.807, 2.05) is 6.07 Å². The van der Waals surface area contributed by atoms with Gasteiger partial charge in [0, 0.05) is 31.6 Å². The smallest absolute Gasteiger partial charge is 0.0508 e. The van der Waals surface area contributed by atoms with Gasteiger partial charge in [0.1, 0.15) is 0 Å². The second kappa shape index (κ2) is 4.01. The van der Waals surface area contributed by atoms with Crippen molar-refractivity contribution in [1.82, 2.24) is 0 Å². The Hall–Kier alpha value is -0.380. The standard InChI is InChI=1S/C10H10ClNS2/c1-13-9-5-14-10-6(9)2-3-8(12)7(10)4-11/h2-3,5H,4,12H2,1H3. The Bertz CT molecular complexity index is 464. The average Bonchev–Trinajstić information content (AvgIpc) is 2.60. The predicted octanol–water partition coefficient (Wildman–Crippen LogP) is 3.94. The first kappa shape index (κ1) is 10.1. The molecular weight excluding hydrogens is 234 g/mol. The maximum absolute atomic E-state index is 5.88. The highest BCUT2D eigenvalue weighted by Gasteiger charge is 2.09. The molecule has 2 rings (SSSR count). The van der Waals surface area contributed by atoms with Crippen LogP contribution in [0.2, 0.25) is 0 Å². The lowest BCUT2D eigenvalue weighted by molar-refractivity contribution is 1.46. The minimum atomic E-state index is 0.484. The van der Waals surface area contributed by atoms with Gasteiger partial charge in [-0.05, 0) is 12.3 Å². The average molecular weight is 244 g/mol. The van der Waals surface area contributed by atoms with E-state index in [0.717, 1.165) is 11.3 Å². The molecule has 4 heteroatoms. The van der Waals surface area contributed by atoms with Crippen molar-refractivity contribution in [3.05, 3.63) is 23.1 Å². The van der Waals surface area contributed by atoms with E-state index in [9.17, 15) is 0 Å². The molecule has 0 fully saturated rings. The van der Waals surface area contributed by atoms with E-state index < -0.39 is 0 Å². The first-order chi connectivity index (χ1) is 6.77. The molecule has 0 amide bonds. The minimum absolute atomic E-state index is 0.484. The molecule has 2 N–H and O–H groups in total. The third-order valence-electron chi connectivity index (χ3n) is 2.20. The van der Waals surface area contributed by atoms with Gasteiger partial charge in [0.05, 0.1) is 5.88 Å². The summed E-state index contributed by atoms with van der Waals surface area (Å²) in [5, 5.41) is 3.43. The minimum Gasteiger partial charge on any atom is -0.398 e. The van der Waals surface area contributed by atoms with Crippen molar-refractivity contribution in [3.63, 3.8) is 0 Å². The Morgan fingerprint density at radius 2 is 2.29 bits per heavy atom. The number of benzene rings is 1. The van der Waals surface area contributed by atoms with E-state index in [2.05, 4.69) is 17.7 Å². The van der Waals surface area contributed by atoms with Gasteiger partial charge in [0.15, 0.2) is 0 Å². The molecule has 0 saturated heterocycles. The van der Waals surface area contributed by atoms with Crippen LogP contribution in [0.15, 0.2) is 22.4 Å². The van der Waals surface area contributed by atoms with Gasteiger partial charge >= 0.3 is 0 Å². The molecule has 0 radical (unpaired) electrons. The van der Waals surface area contributed by atoms with Crippen molar-refractivity contribution in [1.29, 1.82) is 0 Å². The van der Waals surface area contributed by atoms with Crippen LogP contribution in [0.25, 0.3) is 10.1 Å². The molecule has 0 spiro atoms. The van der Waals surface area contributed by atoms with Crippen LogP contribution in [0.1, 0.15) is 5.56 Å². The normalized spacial score (nSPS) is 11.0. The number of nitrogen functional groups attached to an aromatic ring is 1. The fourth-order valence-corrected chi connectivity index (χ4v) is 3.78. The molecular formula is C10H10ClNS2. The summed E-state index contributed by atoms with van der Waals surface area (Å²) in [4.78, 5) is 1.30. The lowest BCUT2D eigenvalue weighted by Crippen LogP contribution is -1.91. The SMILES string of the molecule is CSc1csc2c(CCl)c(N)ccc12. The first-order valence-corrected chi connectivity index (χ1v) is 6.80. The topological polar surface area (TPSA) is 26.0 Å². The van der Waals surface area contributed by atoms with Gasteiger partial charge in [-0.1, -0.05) is 6.07 Å². The van der Waals surface area contributed by atoms with Crippen molar-refractivity contribution in [2.45, 2.75) is 10.8 Å². The van der Waals surface area contributed by atoms with Crippen molar-refractivity contribution in [2.75, 3.05) is 12.0 Å². The number of halogens is 1. The number of nitrogens with two attached hydrogens (primary N) is 1. The zero-order valence-electron chi connectivity index (χ0n) is 7.71. The van der Waals surface area contributed by atoms with Gasteiger partial charge in [-0.15, -0.1) is 34.7 Å². The fourth-order valence-electron chi connectivity index (χ4n) is 1.44. The van der Waals surface area contributed by atoms with Gasteiger partial charge in [-0.2, -0.15) is 0 Å². The quantitative estimate of drug-likeness (QED) is 0.491.